The Balaban J connectivity index is 1.86. The summed E-state index contributed by atoms with van der Waals surface area (Å²) in [7, 11) is 0. The van der Waals surface area contributed by atoms with Crippen LogP contribution in [0.15, 0.2) is 21.9 Å². The van der Waals surface area contributed by atoms with Gasteiger partial charge in [-0.05, 0) is 12.5 Å². The van der Waals surface area contributed by atoms with Gasteiger partial charge in [-0.1, -0.05) is 0 Å². The van der Waals surface area contributed by atoms with Crippen LogP contribution < -0.4 is 16.0 Å². The Kier molecular flexibility index (Phi) is 2.08. The Morgan fingerprint density at radius 2 is 2.05 bits per heavy atom. The monoisotopic (exact) mass is 260 g/mol. The molecule has 2 N–H and O–H groups in total. The quantitative estimate of drug-likeness (QED) is 0.727. The normalized spacial score (nSPS) is 25.4. The number of hydrogen-bond acceptors (Lipinski definition) is 5. The molecule has 2 bridgehead atoms. The van der Waals surface area contributed by atoms with Crippen molar-refractivity contribution in [1.29, 1.82) is 0 Å². The van der Waals surface area contributed by atoms with E-state index in [9.17, 15) is 9.59 Å². The minimum atomic E-state index is -0.333. The minimum Gasteiger partial charge on any atom is -0.374 e. The first kappa shape index (κ1) is 10.7. The summed E-state index contributed by atoms with van der Waals surface area (Å²) in [5.74, 6) is 0.736. The average molecular weight is 260 g/mol. The third kappa shape index (κ3) is 1.51. The summed E-state index contributed by atoms with van der Waals surface area (Å²) < 4.78 is 5.54. The Morgan fingerprint density at radius 1 is 1.26 bits per heavy atom. The van der Waals surface area contributed by atoms with Crippen molar-refractivity contribution in [3.8, 4) is 0 Å². The van der Waals surface area contributed by atoms with E-state index in [4.69, 9.17) is 4.74 Å². The zero-order valence-corrected chi connectivity index (χ0v) is 10.0. The highest BCUT2D eigenvalue weighted by atomic mass is 16.5. The summed E-state index contributed by atoms with van der Waals surface area (Å²) >= 11 is 0. The molecule has 0 aromatic carbocycles. The van der Waals surface area contributed by atoms with Gasteiger partial charge in [0.15, 0.2) is 0 Å². The van der Waals surface area contributed by atoms with E-state index in [2.05, 4.69) is 20.1 Å². The van der Waals surface area contributed by atoms with Crippen LogP contribution in [-0.2, 0) is 4.74 Å². The number of rotatable bonds is 1. The summed E-state index contributed by atoms with van der Waals surface area (Å²) in [5.41, 5.74) is -0.640. The molecule has 2 saturated heterocycles. The van der Waals surface area contributed by atoms with Gasteiger partial charge in [-0.15, -0.1) is 0 Å². The van der Waals surface area contributed by atoms with Gasteiger partial charge in [-0.2, -0.15) is 0 Å². The van der Waals surface area contributed by atoms with Crippen molar-refractivity contribution in [1.82, 2.24) is 15.2 Å². The molecule has 0 aliphatic carbocycles. The number of pyridine rings is 1. The van der Waals surface area contributed by atoms with Crippen LogP contribution in [0.5, 0.6) is 0 Å². The lowest BCUT2D eigenvalue weighted by Gasteiger charge is -2.27. The highest BCUT2D eigenvalue weighted by Crippen LogP contribution is 2.31. The molecule has 2 atom stereocenters. The first-order valence-corrected chi connectivity index (χ1v) is 6.21. The van der Waals surface area contributed by atoms with Crippen molar-refractivity contribution in [2.75, 3.05) is 18.1 Å². The lowest BCUT2D eigenvalue weighted by atomic mass is 10.2. The molecule has 0 unspecified atom stereocenters. The van der Waals surface area contributed by atoms with Crippen LogP contribution in [0.25, 0.3) is 10.8 Å². The van der Waals surface area contributed by atoms with Gasteiger partial charge < -0.3 is 9.64 Å². The summed E-state index contributed by atoms with van der Waals surface area (Å²) in [4.78, 5) is 29.8. The number of ether oxygens (including phenoxy) is 1. The molecule has 0 saturated carbocycles. The molecule has 7 heteroatoms. The highest BCUT2D eigenvalue weighted by molar-refractivity contribution is 5.82. The molecule has 4 rings (SSSR count). The predicted molar refractivity (Wildman–Crippen MR) is 68.5 cm³/mol. The van der Waals surface area contributed by atoms with E-state index in [0.29, 0.717) is 23.4 Å². The summed E-state index contributed by atoms with van der Waals surface area (Å²) in [6, 6.07) is 2.01. The van der Waals surface area contributed by atoms with Crippen molar-refractivity contribution < 1.29 is 4.74 Å². The Morgan fingerprint density at radius 3 is 2.74 bits per heavy atom. The molecule has 7 nitrogen and oxygen atoms in total. The molecular formula is C12H12N4O3. The predicted octanol–water partition coefficient (Wildman–Crippen LogP) is -0.411. The summed E-state index contributed by atoms with van der Waals surface area (Å²) in [5, 5.41) is 5.31. The average Bonchev–Trinajstić information content (AvgIpc) is 3.05. The van der Waals surface area contributed by atoms with Gasteiger partial charge in [-0.25, -0.2) is 4.98 Å². The second kappa shape index (κ2) is 3.67. The maximum Gasteiger partial charge on any atom is 0.272 e. The van der Waals surface area contributed by atoms with Crippen molar-refractivity contribution >= 4 is 16.6 Å². The van der Waals surface area contributed by atoms with Crippen LogP contribution in [0.3, 0.4) is 0 Å². The largest absolute Gasteiger partial charge is 0.374 e. The van der Waals surface area contributed by atoms with Gasteiger partial charge in [0, 0.05) is 12.7 Å². The molecule has 19 heavy (non-hydrogen) atoms. The van der Waals surface area contributed by atoms with E-state index in [1.54, 1.807) is 6.07 Å². The number of fused-ring (bicyclic) bond motifs is 3. The minimum absolute atomic E-state index is 0.264. The highest BCUT2D eigenvalue weighted by Gasteiger charge is 2.39. The van der Waals surface area contributed by atoms with Crippen molar-refractivity contribution in [3.63, 3.8) is 0 Å². The molecule has 98 valence electrons. The number of nitrogens with zero attached hydrogens (tertiary/aromatic N) is 2. The molecule has 4 heterocycles. The van der Waals surface area contributed by atoms with Gasteiger partial charge in [0.2, 0.25) is 0 Å². The Labute approximate surface area is 107 Å². The van der Waals surface area contributed by atoms with E-state index in [0.717, 1.165) is 18.8 Å². The number of aromatic nitrogens is 3. The Hall–Kier alpha value is -2.15. The van der Waals surface area contributed by atoms with E-state index in [1.165, 1.54) is 6.20 Å². The number of anilines is 1. The van der Waals surface area contributed by atoms with Gasteiger partial charge in [0.1, 0.15) is 5.82 Å². The van der Waals surface area contributed by atoms with Crippen molar-refractivity contribution in [3.05, 3.63) is 33.0 Å². The fourth-order valence-corrected chi connectivity index (χ4v) is 2.90. The second-order valence-corrected chi connectivity index (χ2v) is 4.99. The fourth-order valence-electron chi connectivity index (χ4n) is 2.90. The van der Waals surface area contributed by atoms with Crippen LogP contribution in [-0.4, -0.2) is 40.5 Å². The molecule has 0 spiro atoms. The number of H-pyrrole nitrogens is 2. The molecule has 0 amide bonds. The summed E-state index contributed by atoms with van der Waals surface area (Å²) in [6.45, 7) is 1.50. The van der Waals surface area contributed by atoms with Crippen LogP contribution in [0.4, 0.5) is 5.82 Å². The molecule has 2 aromatic rings. The SMILES string of the molecule is O=c1[nH][nH]c(=O)c2cc(N3C[C@H]4C[C@@H]3CO4)ncc12. The standard InChI is InChI=1S/C12H12N4O3/c17-11-8-2-10(13-3-9(8)12(18)15-14-11)16-4-7-1-6(16)5-19-7/h2-3,6-7H,1,4-5H2,(H,14,17)(H,15,18)/t6-,7-/m1/s1. The molecular weight excluding hydrogens is 248 g/mol. The molecule has 2 aromatic heterocycles. The molecule has 2 aliphatic heterocycles. The van der Waals surface area contributed by atoms with Crippen molar-refractivity contribution in [2.24, 2.45) is 0 Å². The lowest BCUT2D eigenvalue weighted by molar-refractivity contribution is 0.0989. The first-order chi connectivity index (χ1) is 9.22. The number of morpholine rings is 1. The van der Waals surface area contributed by atoms with E-state index < -0.39 is 0 Å². The third-order valence-corrected chi connectivity index (χ3v) is 3.86. The van der Waals surface area contributed by atoms with E-state index in [-0.39, 0.29) is 17.2 Å². The molecule has 0 radical (unpaired) electrons. The molecule has 2 fully saturated rings. The zero-order chi connectivity index (χ0) is 13.0. The number of nitrogens with one attached hydrogen (secondary N) is 2. The van der Waals surface area contributed by atoms with Crippen LogP contribution in [0, 0.1) is 0 Å². The van der Waals surface area contributed by atoms with Gasteiger partial charge in [0.05, 0.1) is 29.5 Å². The van der Waals surface area contributed by atoms with E-state index >= 15 is 0 Å². The molecule has 2 aliphatic rings. The summed E-state index contributed by atoms with van der Waals surface area (Å²) in [6.07, 6.45) is 2.73. The van der Waals surface area contributed by atoms with E-state index in [1.807, 2.05) is 0 Å². The maximum absolute atomic E-state index is 11.8. The van der Waals surface area contributed by atoms with Gasteiger partial charge >= 0.3 is 0 Å². The number of aromatic amines is 2. The van der Waals surface area contributed by atoms with Gasteiger partial charge in [-0.3, -0.25) is 19.8 Å². The fraction of sp³-hybridized carbons (Fsp3) is 0.417. The second-order valence-electron chi connectivity index (χ2n) is 4.99. The van der Waals surface area contributed by atoms with Crippen LogP contribution >= 0.6 is 0 Å². The lowest BCUT2D eigenvalue weighted by Crippen LogP contribution is -2.37. The topological polar surface area (TPSA) is 91.1 Å². The van der Waals surface area contributed by atoms with Gasteiger partial charge in [0.25, 0.3) is 11.1 Å². The first-order valence-electron chi connectivity index (χ1n) is 6.21. The number of hydrogen-bond donors (Lipinski definition) is 2. The van der Waals surface area contributed by atoms with Crippen LogP contribution in [0.2, 0.25) is 0 Å². The third-order valence-electron chi connectivity index (χ3n) is 3.86. The van der Waals surface area contributed by atoms with Crippen molar-refractivity contribution in [2.45, 2.75) is 18.6 Å². The smallest absolute Gasteiger partial charge is 0.272 e. The zero-order valence-electron chi connectivity index (χ0n) is 10.0. The maximum atomic E-state index is 11.8. The van der Waals surface area contributed by atoms with Crippen LogP contribution in [0.1, 0.15) is 6.42 Å². The Bertz CT molecular complexity index is 765.